The molecule has 3 N–H and O–H groups in total. The van der Waals surface area contributed by atoms with Gasteiger partial charge in [0.15, 0.2) is 29.4 Å². The molecule has 0 aromatic heterocycles. The molecular weight excluding hydrogens is 811 g/mol. The number of methoxy groups -OCH3 is 1. The summed E-state index contributed by atoms with van der Waals surface area (Å²) in [6.45, 7) is 20.7. The van der Waals surface area contributed by atoms with E-state index in [0.717, 1.165) is 6.42 Å². The minimum atomic E-state index is -1.67. The fraction of sp³-hybridized carbons (Fsp3) is 0.915. The number of carbonyl (C=O) groups excluding carboxylic acids is 2. The minimum Gasteiger partial charge on any atom is -0.550 e. The van der Waals surface area contributed by atoms with Crippen molar-refractivity contribution in [1.29, 1.82) is 0 Å². The van der Waals surface area contributed by atoms with E-state index in [4.69, 9.17) is 37.9 Å². The summed E-state index contributed by atoms with van der Waals surface area (Å²) < 4.78 is 53.9. The Morgan fingerprint density at radius 1 is 0.919 bits per heavy atom. The van der Waals surface area contributed by atoms with Crippen LogP contribution in [0, 0.1) is 47.3 Å². The van der Waals surface area contributed by atoms with Crippen molar-refractivity contribution >= 4 is 11.8 Å². The second-order valence-corrected chi connectivity index (χ2v) is 20.6. The van der Waals surface area contributed by atoms with Gasteiger partial charge in [-0.1, -0.05) is 61.5 Å². The number of aliphatic hydroxyl groups excluding tert-OH is 2. The topological polar surface area (TPSA) is 192 Å². The summed E-state index contributed by atoms with van der Waals surface area (Å²) >= 11 is 0. The number of hydrogen-bond acceptors (Lipinski definition) is 14. The fourth-order valence-electron chi connectivity index (χ4n) is 11.8. The number of ether oxygens (including phenoxy) is 8. The predicted octanol–water partition coefficient (Wildman–Crippen LogP) is 1.82. The van der Waals surface area contributed by atoms with Crippen LogP contribution in [0.3, 0.4) is 0 Å². The van der Waals surface area contributed by atoms with Gasteiger partial charge in [0.2, 0.25) is 0 Å². The van der Waals surface area contributed by atoms with Gasteiger partial charge in [-0.05, 0) is 70.3 Å². The standard InChI is InChI=1S/C47H78O14.Na/c1-24(40(50)25(2)18-28(5)43(51)52)17-26(3)41-31(8)34(49)22-45(59-41)16-15-44(11,61-45)38-21-36(56-39-14-13-35(54-12)33(10)55-39)32(9)47(58-38)30(7)20-37(57-47)42-27(4)19-29(6)46(53,23-48)60-42;/h17,25-39,41-42,48-49,53H,13-16,18-23H2,1-12H3,(H,51,52);/q;+1/p-1/b24-17+;/t25-,26+,27+,28+,29-,30+,31-,32-,33+,34+,35-,36+,37-,38-,39-,41-,42+,44+,45-,46+,47+;/m1./s1. The number of carbonyl (C=O) groups is 2. The molecule has 21 atom stereocenters. The number of aliphatic hydroxyl groups is 3. The van der Waals surface area contributed by atoms with Gasteiger partial charge in [-0.3, -0.25) is 4.79 Å². The number of rotatable bonds is 13. The van der Waals surface area contributed by atoms with Crippen molar-refractivity contribution in [2.45, 2.75) is 212 Å². The molecule has 2 spiro atoms. The first-order valence-electron chi connectivity index (χ1n) is 23.2. The molecule has 0 unspecified atom stereocenters. The van der Waals surface area contributed by atoms with Gasteiger partial charge in [0.05, 0.1) is 61.0 Å². The number of allylic oxidation sites excluding steroid dienone is 1. The van der Waals surface area contributed by atoms with Crippen molar-refractivity contribution in [3.8, 4) is 0 Å². The zero-order chi connectivity index (χ0) is 45.0. The molecule has 0 aromatic rings. The van der Waals surface area contributed by atoms with Crippen molar-refractivity contribution in [3.05, 3.63) is 11.6 Å². The Kier molecular flexibility index (Phi) is 17.2. The van der Waals surface area contributed by atoms with Gasteiger partial charge in [-0.25, -0.2) is 0 Å². The van der Waals surface area contributed by atoms with E-state index in [1.807, 2.05) is 40.7 Å². The Hall–Kier alpha value is -0.560. The van der Waals surface area contributed by atoms with E-state index < -0.39 is 84.2 Å². The largest absolute Gasteiger partial charge is 1.00 e. The van der Waals surface area contributed by atoms with Crippen LogP contribution in [0.4, 0.5) is 0 Å². The van der Waals surface area contributed by atoms with Crippen LogP contribution in [0.25, 0.3) is 0 Å². The fourth-order valence-corrected chi connectivity index (χ4v) is 11.8. The molecule has 0 aromatic carbocycles. The second-order valence-electron chi connectivity index (χ2n) is 20.6. The maximum Gasteiger partial charge on any atom is 1.00 e. The van der Waals surface area contributed by atoms with Gasteiger partial charge in [-0.2, -0.15) is 0 Å². The van der Waals surface area contributed by atoms with Crippen molar-refractivity contribution in [2.75, 3.05) is 13.7 Å². The third-order valence-corrected chi connectivity index (χ3v) is 15.8. The summed E-state index contributed by atoms with van der Waals surface area (Å²) in [7, 11) is 1.70. The summed E-state index contributed by atoms with van der Waals surface area (Å²) in [5, 5.41) is 44.4. The zero-order valence-electron chi connectivity index (χ0n) is 39.8. The molecule has 6 aliphatic rings. The van der Waals surface area contributed by atoms with Gasteiger partial charge < -0.3 is 63.1 Å². The Bertz CT molecular complexity index is 1580. The first kappa shape index (κ1) is 52.4. The van der Waals surface area contributed by atoms with E-state index >= 15 is 0 Å². The van der Waals surface area contributed by atoms with Crippen LogP contribution in [0.5, 0.6) is 0 Å². The molecule has 6 heterocycles. The molecule has 0 aliphatic carbocycles. The van der Waals surface area contributed by atoms with Crippen molar-refractivity contribution in [2.24, 2.45) is 47.3 Å². The number of aliphatic carboxylic acids is 1. The molecule has 350 valence electrons. The predicted molar refractivity (Wildman–Crippen MR) is 221 cm³/mol. The van der Waals surface area contributed by atoms with Gasteiger partial charge in [0, 0.05) is 74.3 Å². The molecule has 6 fully saturated rings. The van der Waals surface area contributed by atoms with E-state index in [1.165, 1.54) is 0 Å². The molecule has 0 saturated carbocycles. The number of Topliss-reactive ketones (excluding diaryl/α,β-unsaturated/α-hetero) is 1. The molecule has 6 rings (SSSR count). The number of carboxylic acid groups (broad SMARTS) is 1. The van der Waals surface area contributed by atoms with Crippen molar-refractivity contribution in [3.63, 3.8) is 0 Å². The third-order valence-electron chi connectivity index (χ3n) is 15.8. The van der Waals surface area contributed by atoms with Crippen LogP contribution < -0.4 is 34.7 Å². The van der Waals surface area contributed by atoms with Gasteiger partial charge in [0.25, 0.3) is 0 Å². The van der Waals surface area contributed by atoms with Crippen LogP contribution in [-0.4, -0.2) is 119 Å². The van der Waals surface area contributed by atoms with Gasteiger partial charge in [-0.15, -0.1) is 0 Å². The zero-order valence-corrected chi connectivity index (χ0v) is 41.8. The average molecular weight is 889 g/mol. The minimum absolute atomic E-state index is 0. The molecular formula is C47H77NaO14. The first-order valence-corrected chi connectivity index (χ1v) is 23.2. The Balaban J connectivity index is 0.00000726. The van der Waals surface area contributed by atoms with Crippen LogP contribution in [0.2, 0.25) is 0 Å². The molecule has 0 radical (unpaired) electrons. The maximum absolute atomic E-state index is 13.3. The van der Waals surface area contributed by atoms with E-state index in [9.17, 15) is 30.0 Å². The van der Waals surface area contributed by atoms with E-state index in [1.54, 1.807) is 27.9 Å². The molecule has 0 bridgehead atoms. The SMILES string of the molecule is CO[C@@H]1CC[C@@H](O[C@H]2C[C@H]([C@]3(C)CC[C@]4(C[C@H](O)[C@@H](C)[C@@H]([C@@H](C)/C=C(\C)C(=O)[C@H](C)C[C@H](C)C(=O)[O-])O4)O3)O[C@]3(O[C@@H]([C@H]4O[C@@](O)(CO)[C@H](C)C[C@@H]4C)C[C@@H]3C)[C@@H]2C)O[C@H]1C.[Na+]. The third kappa shape index (κ3) is 10.4. The molecule has 0 amide bonds. The summed E-state index contributed by atoms with van der Waals surface area (Å²) in [6, 6.07) is 0. The molecule has 6 saturated heterocycles. The molecule has 62 heavy (non-hydrogen) atoms. The van der Waals surface area contributed by atoms with Gasteiger partial charge in [0.1, 0.15) is 0 Å². The maximum atomic E-state index is 13.3. The van der Waals surface area contributed by atoms with Crippen molar-refractivity contribution < 1.29 is 97.5 Å². The number of hydrogen-bond donors (Lipinski definition) is 3. The molecule has 6 aliphatic heterocycles. The van der Waals surface area contributed by atoms with Crippen LogP contribution in [0.1, 0.15) is 134 Å². The van der Waals surface area contributed by atoms with E-state index in [0.29, 0.717) is 44.1 Å². The molecule has 15 heteroatoms. The van der Waals surface area contributed by atoms with Crippen LogP contribution in [0.15, 0.2) is 11.6 Å². The Morgan fingerprint density at radius 3 is 2.24 bits per heavy atom. The normalized spacial score (nSPS) is 47.8. The Labute approximate surface area is 392 Å². The summed E-state index contributed by atoms with van der Waals surface area (Å²) in [4.78, 5) is 24.7. The van der Waals surface area contributed by atoms with Crippen molar-refractivity contribution in [1.82, 2.24) is 0 Å². The summed E-state index contributed by atoms with van der Waals surface area (Å²) in [5.74, 6) is -7.48. The molecule has 14 nitrogen and oxygen atoms in total. The average Bonchev–Trinajstić information content (AvgIpc) is 3.71. The first-order chi connectivity index (χ1) is 28.5. The van der Waals surface area contributed by atoms with E-state index in [2.05, 4.69) is 20.8 Å². The second kappa shape index (κ2) is 20.3. The quantitative estimate of drug-likeness (QED) is 0.179. The smallest absolute Gasteiger partial charge is 0.550 e. The number of ketones is 1. The monoisotopic (exact) mass is 889 g/mol. The van der Waals surface area contributed by atoms with Gasteiger partial charge >= 0.3 is 29.6 Å². The van der Waals surface area contributed by atoms with E-state index in [-0.39, 0.29) is 102 Å². The summed E-state index contributed by atoms with van der Waals surface area (Å²) in [6.07, 6.45) is 3.10. The van der Waals surface area contributed by atoms with Crippen LogP contribution >= 0.6 is 0 Å². The van der Waals surface area contributed by atoms with Crippen LogP contribution in [-0.2, 0) is 47.5 Å². The Morgan fingerprint density at radius 2 is 1.61 bits per heavy atom. The number of carboxylic acids is 1. The summed E-state index contributed by atoms with van der Waals surface area (Å²) in [5.41, 5.74) is -0.352.